The normalized spacial score (nSPS) is 12.7. The number of aryl methyl sites for hydroxylation is 2. The highest BCUT2D eigenvalue weighted by Gasteiger charge is 2.22. The van der Waals surface area contributed by atoms with Crippen LogP contribution in [0.5, 0.6) is 11.5 Å². The first-order valence-electron chi connectivity index (χ1n) is 10.2. The third-order valence-corrected chi connectivity index (χ3v) is 6.17. The summed E-state index contributed by atoms with van der Waals surface area (Å²) < 4.78 is 13.1. The maximum Gasteiger partial charge on any atom is 0.256 e. The van der Waals surface area contributed by atoms with Crippen LogP contribution in [0.4, 0.5) is 5.69 Å². The molecule has 1 aliphatic heterocycles. The van der Waals surface area contributed by atoms with E-state index in [4.69, 9.17) is 14.5 Å². The van der Waals surface area contributed by atoms with E-state index < -0.39 is 0 Å². The second-order valence-corrected chi connectivity index (χ2v) is 8.33. The van der Waals surface area contributed by atoms with Crippen LogP contribution in [-0.4, -0.2) is 40.1 Å². The Morgan fingerprint density at radius 1 is 1.09 bits per heavy atom. The van der Waals surface area contributed by atoms with E-state index in [9.17, 15) is 4.79 Å². The summed E-state index contributed by atoms with van der Waals surface area (Å²) in [5.41, 5.74) is 4.29. The van der Waals surface area contributed by atoms with Crippen LogP contribution in [0.3, 0.4) is 0 Å². The molecule has 0 atom stereocenters. The zero-order chi connectivity index (χ0) is 22.2. The van der Waals surface area contributed by atoms with Crippen LogP contribution in [0.1, 0.15) is 16.1 Å². The molecule has 0 aliphatic carbocycles. The van der Waals surface area contributed by atoms with Gasteiger partial charge in [0.25, 0.3) is 5.91 Å². The first-order valence-corrected chi connectivity index (χ1v) is 11.5. The Labute approximate surface area is 189 Å². The van der Waals surface area contributed by atoms with E-state index in [-0.39, 0.29) is 5.91 Å². The van der Waals surface area contributed by atoms with Crippen LogP contribution < -0.4 is 14.8 Å². The third-order valence-electron chi connectivity index (χ3n) is 5.40. The highest BCUT2D eigenvalue weighted by Crippen LogP contribution is 2.39. The fourth-order valence-electron chi connectivity index (χ4n) is 3.91. The molecule has 2 aromatic carbocycles. The molecule has 7 nitrogen and oxygen atoms in total. The predicted octanol–water partition coefficient (Wildman–Crippen LogP) is 4.69. The lowest BCUT2D eigenvalue weighted by molar-refractivity contribution is 0.102. The summed E-state index contributed by atoms with van der Waals surface area (Å²) >= 11 is 1.54. The van der Waals surface area contributed by atoms with Crippen molar-refractivity contribution in [3.63, 3.8) is 0 Å². The summed E-state index contributed by atoms with van der Waals surface area (Å²) in [6, 6.07) is 15.4. The molecule has 32 heavy (non-hydrogen) atoms. The molecule has 4 aromatic rings. The first-order chi connectivity index (χ1) is 15.5. The molecule has 0 fully saturated rings. The number of rotatable bonds is 4. The molecule has 0 bridgehead atoms. The Bertz CT molecular complexity index is 1330. The Kier molecular flexibility index (Phi) is 5.22. The molecule has 0 radical (unpaired) electrons. The molecule has 5 rings (SSSR count). The second-order valence-electron chi connectivity index (χ2n) is 7.48. The summed E-state index contributed by atoms with van der Waals surface area (Å²) in [6.07, 6.45) is 1.96. The van der Waals surface area contributed by atoms with Gasteiger partial charge in [0.2, 0.25) is 0 Å². The Morgan fingerprint density at radius 3 is 2.53 bits per heavy atom. The number of carbonyl (C=O) groups is 1. The van der Waals surface area contributed by atoms with Gasteiger partial charge in [-0.25, -0.2) is 4.98 Å². The smallest absolute Gasteiger partial charge is 0.256 e. The van der Waals surface area contributed by atoms with Crippen molar-refractivity contribution in [2.75, 3.05) is 24.8 Å². The van der Waals surface area contributed by atoms with Gasteiger partial charge in [0.05, 0.1) is 28.0 Å². The standard InChI is InChI=1S/C24H22N4O3S/c1-14-22-16(11-17(15-7-5-4-6-8-15)25-23(22)28(2)27-14)24(29)26-18-12-19-20(13-21(18)32-3)31-10-9-30-19/h4-8,11-13H,9-10H2,1-3H3,(H,26,29). The fourth-order valence-corrected chi connectivity index (χ4v) is 4.46. The van der Waals surface area contributed by atoms with Gasteiger partial charge < -0.3 is 14.8 Å². The Morgan fingerprint density at radius 2 is 1.81 bits per heavy atom. The van der Waals surface area contributed by atoms with Crippen LogP contribution in [0.15, 0.2) is 53.4 Å². The number of aromatic nitrogens is 3. The number of benzene rings is 2. The number of nitrogens with zero attached hydrogens (tertiary/aromatic N) is 3. The van der Waals surface area contributed by atoms with Gasteiger partial charge >= 0.3 is 0 Å². The van der Waals surface area contributed by atoms with E-state index in [1.165, 1.54) is 11.8 Å². The summed E-state index contributed by atoms with van der Waals surface area (Å²) in [6.45, 7) is 2.89. The molecule has 2 aromatic heterocycles. The lowest BCUT2D eigenvalue weighted by Crippen LogP contribution is -2.17. The van der Waals surface area contributed by atoms with Crippen molar-refractivity contribution >= 4 is 34.4 Å². The molecule has 3 heterocycles. The maximum absolute atomic E-state index is 13.6. The summed E-state index contributed by atoms with van der Waals surface area (Å²) in [4.78, 5) is 19.2. The minimum atomic E-state index is -0.224. The van der Waals surface area contributed by atoms with E-state index in [0.29, 0.717) is 41.6 Å². The molecule has 8 heteroatoms. The van der Waals surface area contributed by atoms with Crippen LogP contribution in [0, 0.1) is 6.92 Å². The van der Waals surface area contributed by atoms with Gasteiger partial charge in [-0.3, -0.25) is 9.48 Å². The van der Waals surface area contributed by atoms with Gasteiger partial charge in [-0.05, 0) is 25.3 Å². The number of ether oxygens (including phenoxy) is 2. The largest absolute Gasteiger partial charge is 0.486 e. The minimum absolute atomic E-state index is 0.224. The molecule has 1 aliphatic rings. The molecule has 0 unspecified atom stereocenters. The van der Waals surface area contributed by atoms with Crippen molar-refractivity contribution in [2.24, 2.45) is 7.05 Å². The van der Waals surface area contributed by atoms with E-state index >= 15 is 0 Å². The number of pyridine rings is 1. The predicted molar refractivity (Wildman–Crippen MR) is 126 cm³/mol. The van der Waals surface area contributed by atoms with Crippen LogP contribution in [0.25, 0.3) is 22.3 Å². The van der Waals surface area contributed by atoms with Gasteiger partial charge in [0.1, 0.15) is 13.2 Å². The van der Waals surface area contributed by atoms with Crippen molar-refractivity contribution in [1.29, 1.82) is 0 Å². The molecule has 1 amide bonds. The van der Waals surface area contributed by atoms with Crippen LogP contribution in [0.2, 0.25) is 0 Å². The van der Waals surface area contributed by atoms with Crippen molar-refractivity contribution in [2.45, 2.75) is 11.8 Å². The third kappa shape index (κ3) is 3.56. The SMILES string of the molecule is CSc1cc2c(cc1NC(=O)c1cc(-c3ccccc3)nc3c1c(C)nn3C)OCCO2. The molecule has 0 saturated heterocycles. The zero-order valence-electron chi connectivity index (χ0n) is 18.0. The van der Waals surface area contributed by atoms with E-state index in [2.05, 4.69) is 10.4 Å². The lowest BCUT2D eigenvalue weighted by atomic mass is 10.0. The monoisotopic (exact) mass is 446 g/mol. The quantitative estimate of drug-likeness (QED) is 0.458. The summed E-state index contributed by atoms with van der Waals surface area (Å²) in [5.74, 6) is 1.10. The number of hydrogen-bond acceptors (Lipinski definition) is 6. The highest BCUT2D eigenvalue weighted by molar-refractivity contribution is 7.98. The van der Waals surface area contributed by atoms with E-state index in [1.807, 2.05) is 68.8 Å². The van der Waals surface area contributed by atoms with Gasteiger partial charge in [0.15, 0.2) is 17.1 Å². The van der Waals surface area contributed by atoms with Gasteiger partial charge in [-0.15, -0.1) is 11.8 Å². The van der Waals surface area contributed by atoms with E-state index in [0.717, 1.165) is 27.2 Å². The van der Waals surface area contributed by atoms with E-state index in [1.54, 1.807) is 4.68 Å². The Hall–Kier alpha value is -3.52. The number of fused-ring (bicyclic) bond motifs is 2. The topological polar surface area (TPSA) is 78.3 Å². The number of nitrogens with one attached hydrogen (secondary N) is 1. The maximum atomic E-state index is 13.6. The molecule has 162 valence electrons. The average Bonchev–Trinajstić information content (AvgIpc) is 3.11. The average molecular weight is 447 g/mol. The zero-order valence-corrected chi connectivity index (χ0v) is 18.8. The molecular weight excluding hydrogens is 424 g/mol. The number of carbonyl (C=O) groups excluding carboxylic acids is 1. The number of thioether (sulfide) groups is 1. The molecule has 0 spiro atoms. The number of hydrogen-bond donors (Lipinski definition) is 1. The van der Waals surface area contributed by atoms with Crippen molar-refractivity contribution in [1.82, 2.24) is 14.8 Å². The second kappa shape index (κ2) is 8.20. The minimum Gasteiger partial charge on any atom is -0.486 e. The van der Waals surface area contributed by atoms with Gasteiger partial charge in [0, 0.05) is 23.6 Å². The first kappa shape index (κ1) is 20.4. The Balaban J connectivity index is 1.61. The van der Waals surface area contributed by atoms with Gasteiger partial charge in [-0.1, -0.05) is 30.3 Å². The molecule has 1 N–H and O–H groups in total. The van der Waals surface area contributed by atoms with Crippen molar-refractivity contribution in [3.05, 3.63) is 59.8 Å². The molecule has 0 saturated carbocycles. The van der Waals surface area contributed by atoms with Crippen LogP contribution in [-0.2, 0) is 7.05 Å². The summed E-state index contributed by atoms with van der Waals surface area (Å²) in [7, 11) is 1.84. The number of amides is 1. The van der Waals surface area contributed by atoms with Crippen molar-refractivity contribution < 1.29 is 14.3 Å². The number of anilines is 1. The van der Waals surface area contributed by atoms with Crippen molar-refractivity contribution in [3.8, 4) is 22.8 Å². The lowest BCUT2D eigenvalue weighted by Gasteiger charge is -2.21. The molecular formula is C24H22N4O3S. The highest BCUT2D eigenvalue weighted by atomic mass is 32.2. The van der Waals surface area contributed by atoms with Crippen LogP contribution >= 0.6 is 11.8 Å². The fraction of sp³-hybridized carbons (Fsp3) is 0.208. The summed E-state index contributed by atoms with van der Waals surface area (Å²) in [5, 5.41) is 8.32. The van der Waals surface area contributed by atoms with Gasteiger partial charge in [-0.2, -0.15) is 5.10 Å².